The van der Waals surface area contributed by atoms with Crippen molar-refractivity contribution in [3.63, 3.8) is 0 Å². The van der Waals surface area contributed by atoms with Crippen molar-refractivity contribution in [3.8, 4) is 0 Å². The molecule has 44 heavy (non-hydrogen) atoms. The lowest BCUT2D eigenvalue weighted by Gasteiger charge is -2.35. The van der Waals surface area contributed by atoms with Crippen LogP contribution in [0.1, 0.15) is 43.0 Å². The largest absolute Gasteiger partial charge is 0.350 e. The minimum Gasteiger partial charge on any atom is -0.350 e. The lowest BCUT2D eigenvalue weighted by atomic mass is 10.0. The van der Waals surface area contributed by atoms with Crippen LogP contribution in [0.25, 0.3) is 0 Å². The number of anilines is 1. The molecule has 4 aromatic rings. The summed E-state index contributed by atoms with van der Waals surface area (Å²) in [6, 6.07) is 31.5. The molecule has 0 fully saturated rings. The third kappa shape index (κ3) is 8.57. The second-order valence-corrected chi connectivity index (χ2v) is 14.0. The standard InChI is InChI=1S/C36H41N3O4S/c1-27-19-21-32(22-20-27)44(42,43)39(31-17-10-7-11-18-31)26-34(40)38(25-30-16-12-13-28(2)23-30)33(35(41)37-36(3,4)5)24-29-14-8-6-9-15-29/h6-23,33H,24-26H2,1-5H3,(H,37,41)/t33-/m0/s1. The van der Waals surface area contributed by atoms with Gasteiger partial charge in [-0.15, -0.1) is 0 Å². The maximum absolute atomic E-state index is 14.5. The molecular formula is C36H41N3O4S. The molecule has 230 valence electrons. The van der Waals surface area contributed by atoms with Crippen LogP contribution in [0.2, 0.25) is 0 Å². The van der Waals surface area contributed by atoms with Gasteiger partial charge in [0.1, 0.15) is 12.6 Å². The summed E-state index contributed by atoms with van der Waals surface area (Å²) in [6.45, 7) is 9.17. The molecule has 0 unspecified atom stereocenters. The number of carbonyl (C=O) groups is 2. The van der Waals surface area contributed by atoms with Crippen LogP contribution in [0, 0.1) is 13.8 Å². The molecule has 7 nitrogen and oxygen atoms in total. The molecule has 0 aliphatic carbocycles. The smallest absolute Gasteiger partial charge is 0.264 e. The summed E-state index contributed by atoms with van der Waals surface area (Å²) in [7, 11) is -4.13. The first-order valence-electron chi connectivity index (χ1n) is 14.7. The summed E-state index contributed by atoms with van der Waals surface area (Å²) in [5, 5.41) is 3.05. The molecule has 0 aliphatic rings. The molecule has 1 N–H and O–H groups in total. The van der Waals surface area contributed by atoms with E-state index in [-0.39, 0.29) is 23.8 Å². The van der Waals surface area contributed by atoms with Crippen LogP contribution in [0.5, 0.6) is 0 Å². The van der Waals surface area contributed by atoms with Crippen LogP contribution in [0.15, 0.2) is 114 Å². The summed E-state index contributed by atoms with van der Waals surface area (Å²) in [5.41, 5.74) is 3.47. The van der Waals surface area contributed by atoms with Gasteiger partial charge in [-0.1, -0.05) is 96.1 Å². The summed E-state index contributed by atoms with van der Waals surface area (Å²) < 4.78 is 29.3. The van der Waals surface area contributed by atoms with E-state index in [4.69, 9.17) is 0 Å². The maximum Gasteiger partial charge on any atom is 0.264 e. The third-order valence-corrected chi connectivity index (χ3v) is 8.92. The Kier molecular flexibility index (Phi) is 10.3. The third-order valence-electron chi connectivity index (χ3n) is 7.14. The molecule has 0 bridgehead atoms. The second-order valence-electron chi connectivity index (χ2n) is 12.1. The van der Waals surface area contributed by atoms with Crippen LogP contribution in [-0.2, 0) is 32.6 Å². The monoisotopic (exact) mass is 611 g/mol. The molecule has 0 saturated carbocycles. The number of para-hydroxylation sites is 1. The van der Waals surface area contributed by atoms with Crippen molar-refractivity contribution in [1.82, 2.24) is 10.2 Å². The van der Waals surface area contributed by atoms with Gasteiger partial charge in [-0.3, -0.25) is 13.9 Å². The summed E-state index contributed by atoms with van der Waals surface area (Å²) in [6.07, 6.45) is 0.260. The Bertz CT molecular complexity index is 1670. The Balaban J connectivity index is 1.80. The number of nitrogens with zero attached hydrogens (tertiary/aromatic N) is 2. The van der Waals surface area contributed by atoms with Gasteiger partial charge >= 0.3 is 0 Å². The van der Waals surface area contributed by atoms with Gasteiger partial charge in [-0.05, 0) is 70.0 Å². The first kappa shape index (κ1) is 32.5. The molecule has 0 spiro atoms. The number of hydrogen-bond acceptors (Lipinski definition) is 4. The summed E-state index contributed by atoms with van der Waals surface area (Å²) >= 11 is 0. The van der Waals surface area contributed by atoms with Crippen LogP contribution in [0.3, 0.4) is 0 Å². The number of hydrogen-bond donors (Lipinski definition) is 1. The Labute approximate surface area is 261 Å². The van der Waals surface area contributed by atoms with E-state index in [1.807, 2.05) is 89.2 Å². The quantitative estimate of drug-likeness (QED) is 0.224. The van der Waals surface area contributed by atoms with Crippen LogP contribution >= 0.6 is 0 Å². The molecule has 4 rings (SSSR count). The van der Waals surface area contributed by atoms with Crippen molar-refractivity contribution in [3.05, 3.63) is 131 Å². The van der Waals surface area contributed by atoms with E-state index in [1.165, 1.54) is 4.90 Å². The number of aryl methyl sites for hydroxylation is 2. The maximum atomic E-state index is 14.5. The van der Waals surface area contributed by atoms with Gasteiger partial charge < -0.3 is 10.2 Å². The topological polar surface area (TPSA) is 86.8 Å². The highest BCUT2D eigenvalue weighted by Crippen LogP contribution is 2.25. The number of benzene rings is 4. The van der Waals surface area contributed by atoms with Gasteiger partial charge in [0, 0.05) is 18.5 Å². The van der Waals surface area contributed by atoms with Crippen molar-refractivity contribution in [2.24, 2.45) is 0 Å². The van der Waals surface area contributed by atoms with Crippen LogP contribution in [-0.4, -0.2) is 43.3 Å². The lowest BCUT2D eigenvalue weighted by molar-refractivity contribution is -0.140. The normalized spacial score (nSPS) is 12.3. The zero-order valence-electron chi connectivity index (χ0n) is 26.0. The van der Waals surface area contributed by atoms with Gasteiger partial charge in [-0.25, -0.2) is 8.42 Å². The molecular weight excluding hydrogens is 570 g/mol. The minimum absolute atomic E-state index is 0.0799. The van der Waals surface area contributed by atoms with E-state index in [2.05, 4.69) is 5.32 Å². The fraction of sp³-hybridized carbons (Fsp3) is 0.278. The van der Waals surface area contributed by atoms with E-state index in [9.17, 15) is 18.0 Å². The number of sulfonamides is 1. The fourth-order valence-electron chi connectivity index (χ4n) is 4.97. The minimum atomic E-state index is -4.13. The van der Waals surface area contributed by atoms with Gasteiger partial charge in [0.05, 0.1) is 10.6 Å². The molecule has 0 aromatic heterocycles. The molecule has 0 heterocycles. The van der Waals surface area contributed by atoms with Gasteiger partial charge in [0.25, 0.3) is 10.0 Å². The highest BCUT2D eigenvalue weighted by molar-refractivity contribution is 7.92. The van der Waals surface area contributed by atoms with Gasteiger partial charge in [0.15, 0.2) is 0 Å². The summed E-state index contributed by atoms with van der Waals surface area (Å²) in [5.74, 6) is -0.800. The van der Waals surface area contributed by atoms with E-state index >= 15 is 0 Å². The number of nitrogens with one attached hydrogen (secondary N) is 1. The first-order valence-corrected chi connectivity index (χ1v) is 16.1. The molecule has 8 heteroatoms. The van der Waals surface area contributed by atoms with Gasteiger partial charge in [0.2, 0.25) is 11.8 Å². The fourth-order valence-corrected chi connectivity index (χ4v) is 6.39. The molecule has 0 saturated heterocycles. The Hall–Kier alpha value is -4.43. The molecule has 4 aromatic carbocycles. The van der Waals surface area contributed by atoms with Crippen molar-refractivity contribution in [2.45, 2.75) is 64.1 Å². The Morgan fingerprint density at radius 1 is 0.750 bits per heavy atom. The molecule has 2 amide bonds. The highest BCUT2D eigenvalue weighted by Gasteiger charge is 2.35. The number of rotatable bonds is 11. The number of carbonyl (C=O) groups excluding carboxylic acids is 2. The van der Waals surface area contributed by atoms with Crippen molar-refractivity contribution >= 4 is 27.5 Å². The average molecular weight is 612 g/mol. The summed E-state index contributed by atoms with van der Waals surface area (Å²) in [4.78, 5) is 30.0. The predicted molar refractivity (Wildman–Crippen MR) is 176 cm³/mol. The highest BCUT2D eigenvalue weighted by atomic mass is 32.2. The lowest BCUT2D eigenvalue weighted by Crippen LogP contribution is -2.56. The average Bonchev–Trinajstić information content (AvgIpc) is 2.98. The SMILES string of the molecule is Cc1ccc(S(=O)(=O)N(CC(=O)N(Cc2cccc(C)c2)[C@@H](Cc2ccccc2)C(=O)NC(C)(C)C)c2ccccc2)cc1. The second kappa shape index (κ2) is 13.9. The van der Waals surface area contributed by atoms with Crippen molar-refractivity contribution < 1.29 is 18.0 Å². The molecule has 0 aliphatic heterocycles. The van der Waals surface area contributed by atoms with Crippen molar-refractivity contribution in [1.29, 1.82) is 0 Å². The van der Waals surface area contributed by atoms with Gasteiger partial charge in [-0.2, -0.15) is 0 Å². The van der Waals surface area contributed by atoms with E-state index in [0.717, 1.165) is 26.6 Å². The Morgan fingerprint density at radius 3 is 1.93 bits per heavy atom. The van der Waals surface area contributed by atoms with Crippen LogP contribution < -0.4 is 9.62 Å². The van der Waals surface area contributed by atoms with Crippen molar-refractivity contribution in [2.75, 3.05) is 10.8 Å². The molecule has 1 atom stereocenters. The zero-order valence-corrected chi connectivity index (χ0v) is 26.8. The zero-order chi connectivity index (χ0) is 31.9. The van der Waals surface area contributed by atoms with E-state index < -0.39 is 34.1 Å². The first-order chi connectivity index (χ1) is 20.8. The molecule has 0 radical (unpaired) electrons. The Morgan fingerprint density at radius 2 is 1.34 bits per heavy atom. The number of amides is 2. The van der Waals surface area contributed by atoms with E-state index in [1.54, 1.807) is 54.6 Å². The van der Waals surface area contributed by atoms with Crippen LogP contribution in [0.4, 0.5) is 5.69 Å². The predicted octanol–water partition coefficient (Wildman–Crippen LogP) is 6.05. The van der Waals surface area contributed by atoms with E-state index in [0.29, 0.717) is 5.69 Å².